The molecule has 0 unspecified atom stereocenters. The summed E-state index contributed by atoms with van der Waals surface area (Å²) in [7, 11) is 0. The third-order valence-electron chi connectivity index (χ3n) is 2.69. The maximum atomic E-state index is 11.8. The Balaban J connectivity index is 2.08. The Hall–Kier alpha value is -2.62. The van der Waals surface area contributed by atoms with Crippen LogP contribution in [-0.4, -0.2) is 15.9 Å². The summed E-state index contributed by atoms with van der Waals surface area (Å²) in [4.78, 5) is 14.5. The van der Waals surface area contributed by atoms with E-state index in [9.17, 15) is 4.79 Å². The molecule has 0 amide bonds. The van der Waals surface area contributed by atoms with E-state index in [0.717, 1.165) is 16.6 Å². The SMILES string of the molecule is O=c1[nH]c2ccccc2n1N=Cc1ccccc1. The molecule has 4 heteroatoms. The van der Waals surface area contributed by atoms with Crippen molar-refractivity contribution in [2.45, 2.75) is 0 Å². The van der Waals surface area contributed by atoms with Crippen molar-refractivity contribution in [1.82, 2.24) is 9.66 Å². The molecule has 0 bridgehead atoms. The molecular formula is C14H11N3O. The normalized spacial score (nSPS) is 11.3. The van der Waals surface area contributed by atoms with Gasteiger partial charge in [-0.05, 0) is 17.7 Å². The Morgan fingerprint density at radius 2 is 1.72 bits per heavy atom. The standard InChI is InChI=1S/C14H11N3O/c18-14-16-12-8-4-5-9-13(12)17(14)15-10-11-6-2-1-3-7-11/h1-10H,(H,16,18). The van der Waals surface area contributed by atoms with Crippen molar-refractivity contribution in [3.8, 4) is 0 Å². The second-order valence-corrected chi connectivity index (χ2v) is 3.91. The summed E-state index contributed by atoms with van der Waals surface area (Å²) in [6.45, 7) is 0. The van der Waals surface area contributed by atoms with Gasteiger partial charge in [-0.3, -0.25) is 0 Å². The first-order valence-electron chi connectivity index (χ1n) is 5.64. The van der Waals surface area contributed by atoms with Gasteiger partial charge in [0.15, 0.2) is 0 Å². The van der Waals surface area contributed by atoms with Crippen LogP contribution in [0.1, 0.15) is 5.56 Å². The highest BCUT2D eigenvalue weighted by molar-refractivity contribution is 5.81. The van der Waals surface area contributed by atoms with Crippen LogP contribution < -0.4 is 5.69 Å². The second-order valence-electron chi connectivity index (χ2n) is 3.91. The van der Waals surface area contributed by atoms with Gasteiger partial charge < -0.3 is 4.98 Å². The van der Waals surface area contributed by atoms with Crippen molar-refractivity contribution in [2.75, 3.05) is 0 Å². The maximum Gasteiger partial charge on any atom is 0.347 e. The zero-order chi connectivity index (χ0) is 12.4. The van der Waals surface area contributed by atoms with E-state index in [1.807, 2.05) is 54.6 Å². The highest BCUT2D eigenvalue weighted by Crippen LogP contribution is 2.08. The van der Waals surface area contributed by atoms with Gasteiger partial charge in [-0.15, -0.1) is 0 Å². The number of nitrogens with one attached hydrogen (secondary N) is 1. The fourth-order valence-electron chi connectivity index (χ4n) is 1.82. The van der Waals surface area contributed by atoms with Crippen molar-refractivity contribution < 1.29 is 0 Å². The number of para-hydroxylation sites is 2. The van der Waals surface area contributed by atoms with Crippen molar-refractivity contribution in [3.63, 3.8) is 0 Å². The zero-order valence-corrected chi connectivity index (χ0v) is 9.58. The molecule has 0 atom stereocenters. The highest BCUT2D eigenvalue weighted by Gasteiger charge is 2.03. The van der Waals surface area contributed by atoms with Gasteiger partial charge in [0.05, 0.1) is 17.2 Å². The number of aromatic amines is 1. The fraction of sp³-hybridized carbons (Fsp3) is 0. The summed E-state index contributed by atoms with van der Waals surface area (Å²) in [5.41, 5.74) is 2.28. The summed E-state index contributed by atoms with van der Waals surface area (Å²) in [6, 6.07) is 17.1. The average molecular weight is 237 g/mol. The number of nitrogens with zero attached hydrogens (tertiary/aromatic N) is 2. The Labute approximate surface area is 103 Å². The minimum Gasteiger partial charge on any atom is -0.304 e. The quantitative estimate of drug-likeness (QED) is 0.682. The fourth-order valence-corrected chi connectivity index (χ4v) is 1.82. The summed E-state index contributed by atoms with van der Waals surface area (Å²) in [5.74, 6) is 0. The predicted molar refractivity (Wildman–Crippen MR) is 72.0 cm³/mol. The summed E-state index contributed by atoms with van der Waals surface area (Å²) in [6.07, 6.45) is 1.67. The van der Waals surface area contributed by atoms with E-state index in [1.54, 1.807) is 6.21 Å². The Morgan fingerprint density at radius 3 is 2.56 bits per heavy atom. The van der Waals surface area contributed by atoms with Gasteiger partial charge in [-0.1, -0.05) is 42.5 Å². The molecule has 0 aliphatic carbocycles. The second kappa shape index (κ2) is 4.33. The number of aromatic nitrogens is 2. The van der Waals surface area contributed by atoms with E-state index in [-0.39, 0.29) is 5.69 Å². The maximum absolute atomic E-state index is 11.8. The molecule has 2 aromatic carbocycles. The van der Waals surface area contributed by atoms with Crippen molar-refractivity contribution in [2.24, 2.45) is 5.10 Å². The molecule has 3 aromatic rings. The third kappa shape index (κ3) is 1.84. The van der Waals surface area contributed by atoms with E-state index in [4.69, 9.17) is 0 Å². The Morgan fingerprint density at radius 1 is 1.00 bits per heavy atom. The van der Waals surface area contributed by atoms with E-state index in [2.05, 4.69) is 10.1 Å². The molecule has 3 rings (SSSR count). The molecular weight excluding hydrogens is 226 g/mol. The van der Waals surface area contributed by atoms with E-state index in [0.29, 0.717) is 0 Å². The van der Waals surface area contributed by atoms with E-state index >= 15 is 0 Å². The van der Waals surface area contributed by atoms with Crippen molar-refractivity contribution in [3.05, 3.63) is 70.6 Å². The van der Waals surface area contributed by atoms with Crippen LogP contribution >= 0.6 is 0 Å². The largest absolute Gasteiger partial charge is 0.347 e. The van der Waals surface area contributed by atoms with Crippen LogP contribution in [0.2, 0.25) is 0 Å². The molecule has 1 heterocycles. The average Bonchev–Trinajstić information content (AvgIpc) is 2.73. The lowest BCUT2D eigenvalue weighted by molar-refractivity contribution is 0.863. The molecule has 1 aromatic heterocycles. The molecule has 18 heavy (non-hydrogen) atoms. The smallest absolute Gasteiger partial charge is 0.304 e. The molecule has 88 valence electrons. The Bertz CT molecular complexity index is 753. The first-order chi connectivity index (χ1) is 8.84. The van der Waals surface area contributed by atoms with Crippen LogP contribution in [0.3, 0.4) is 0 Å². The summed E-state index contributed by atoms with van der Waals surface area (Å²) < 4.78 is 1.36. The predicted octanol–water partition coefficient (Wildman–Crippen LogP) is 2.21. The van der Waals surface area contributed by atoms with Gasteiger partial charge >= 0.3 is 5.69 Å². The van der Waals surface area contributed by atoms with Gasteiger partial charge in [-0.2, -0.15) is 9.78 Å². The van der Waals surface area contributed by atoms with Crippen LogP contribution in [0.15, 0.2) is 64.5 Å². The zero-order valence-electron chi connectivity index (χ0n) is 9.58. The third-order valence-corrected chi connectivity index (χ3v) is 2.69. The summed E-state index contributed by atoms with van der Waals surface area (Å²) >= 11 is 0. The van der Waals surface area contributed by atoms with Gasteiger partial charge in [0, 0.05) is 0 Å². The van der Waals surface area contributed by atoms with Gasteiger partial charge in [0.25, 0.3) is 0 Å². The number of hydrogen-bond donors (Lipinski definition) is 1. The van der Waals surface area contributed by atoms with Crippen LogP contribution in [0.25, 0.3) is 11.0 Å². The lowest BCUT2D eigenvalue weighted by Crippen LogP contribution is -2.12. The molecule has 0 spiro atoms. The number of fused-ring (bicyclic) bond motifs is 1. The molecule has 0 radical (unpaired) electrons. The van der Waals surface area contributed by atoms with E-state index < -0.39 is 0 Å². The first kappa shape index (κ1) is 10.5. The highest BCUT2D eigenvalue weighted by atomic mass is 16.2. The van der Waals surface area contributed by atoms with Crippen LogP contribution in [-0.2, 0) is 0 Å². The first-order valence-corrected chi connectivity index (χ1v) is 5.64. The number of benzene rings is 2. The number of rotatable bonds is 2. The molecule has 1 N–H and O–H groups in total. The van der Waals surface area contributed by atoms with Crippen molar-refractivity contribution in [1.29, 1.82) is 0 Å². The molecule has 0 saturated carbocycles. The van der Waals surface area contributed by atoms with Crippen molar-refractivity contribution >= 4 is 17.2 Å². The van der Waals surface area contributed by atoms with E-state index in [1.165, 1.54) is 4.68 Å². The minimum absolute atomic E-state index is 0.233. The number of H-pyrrole nitrogens is 1. The monoisotopic (exact) mass is 237 g/mol. The molecule has 0 saturated heterocycles. The van der Waals surface area contributed by atoms with Gasteiger partial charge in [0.1, 0.15) is 0 Å². The molecule has 0 fully saturated rings. The lowest BCUT2D eigenvalue weighted by Gasteiger charge is -1.94. The minimum atomic E-state index is -0.233. The molecule has 4 nitrogen and oxygen atoms in total. The number of imidazole rings is 1. The number of hydrogen-bond acceptors (Lipinski definition) is 2. The van der Waals surface area contributed by atoms with Gasteiger partial charge in [-0.25, -0.2) is 4.79 Å². The van der Waals surface area contributed by atoms with Gasteiger partial charge in [0.2, 0.25) is 0 Å². The molecule has 0 aliphatic rings. The molecule has 0 aliphatic heterocycles. The Kier molecular flexibility index (Phi) is 2.53. The topological polar surface area (TPSA) is 50.1 Å². The van der Waals surface area contributed by atoms with Crippen LogP contribution in [0, 0.1) is 0 Å². The van der Waals surface area contributed by atoms with Crippen LogP contribution in [0.4, 0.5) is 0 Å². The summed E-state index contributed by atoms with van der Waals surface area (Å²) in [5, 5.41) is 4.21. The lowest BCUT2D eigenvalue weighted by atomic mass is 10.2. The van der Waals surface area contributed by atoms with Crippen LogP contribution in [0.5, 0.6) is 0 Å².